The predicted octanol–water partition coefficient (Wildman–Crippen LogP) is 1.31. The van der Waals surface area contributed by atoms with Crippen molar-refractivity contribution in [2.24, 2.45) is 0 Å². The molecule has 1 N–H and O–H groups in total. The number of amides is 1. The van der Waals surface area contributed by atoms with Gasteiger partial charge in [-0.2, -0.15) is 0 Å². The number of rotatable bonds is 1. The summed E-state index contributed by atoms with van der Waals surface area (Å²) in [5.74, 6) is 0. The van der Waals surface area contributed by atoms with Crippen molar-refractivity contribution in [3.8, 4) is 0 Å². The highest BCUT2D eigenvalue weighted by atomic mass is 32.1. The number of ether oxygens (including phenoxy) is 1. The van der Waals surface area contributed by atoms with Crippen LogP contribution in [0.2, 0.25) is 0 Å². The molecule has 0 atom stereocenters. The van der Waals surface area contributed by atoms with E-state index < -0.39 is 0 Å². The molecule has 1 aliphatic heterocycles. The van der Waals surface area contributed by atoms with Gasteiger partial charge in [-0.25, -0.2) is 9.78 Å². The first-order chi connectivity index (χ1) is 7.24. The number of hydrogen-bond acceptors (Lipinski definition) is 5. The fourth-order valence-corrected chi connectivity index (χ4v) is 2.56. The zero-order valence-corrected chi connectivity index (χ0v) is 9.56. The van der Waals surface area contributed by atoms with Crippen molar-refractivity contribution < 1.29 is 9.53 Å². The summed E-state index contributed by atoms with van der Waals surface area (Å²) >= 11 is 1.60. The minimum Gasteiger partial charge on any atom is -0.453 e. The number of aromatic nitrogens is 1. The van der Waals surface area contributed by atoms with E-state index in [0.717, 1.165) is 22.1 Å². The second kappa shape index (κ2) is 4.06. The van der Waals surface area contributed by atoms with E-state index in [1.165, 1.54) is 7.11 Å². The van der Waals surface area contributed by atoms with Gasteiger partial charge in [0, 0.05) is 24.9 Å². The third kappa shape index (κ3) is 1.90. The number of nitrogens with zero attached hydrogens (tertiary/aromatic N) is 2. The highest BCUT2D eigenvalue weighted by molar-refractivity contribution is 7.15. The van der Waals surface area contributed by atoms with Crippen molar-refractivity contribution in [1.82, 2.24) is 9.88 Å². The first-order valence-corrected chi connectivity index (χ1v) is 5.55. The number of fused-ring (bicyclic) bond motifs is 1. The Labute approximate surface area is 92.1 Å². The van der Waals surface area contributed by atoms with Crippen LogP contribution in [0.5, 0.6) is 0 Å². The predicted molar refractivity (Wildman–Crippen MR) is 58.2 cm³/mol. The molecule has 0 unspecified atom stereocenters. The van der Waals surface area contributed by atoms with E-state index in [1.807, 2.05) is 7.05 Å². The van der Waals surface area contributed by atoms with Crippen molar-refractivity contribution in [1.29, 1.82) is 0 Å². The van der Waals surface area contributed by atoms with E-state index >= 15 is 0 Å². The summed E-state index contributed by atoms with van der Waals surface area (Å²) in [6.07, 6.45) is 0.544. The molecule has 0 aliphatic carbocycles. The summed E-state index contributed by atoms with van der Waals surface area (Å²) in [5, 5.41) is 3.92. The van der Waals surface area contributed by atoms with E-state index in [9.17, 15) is 4.79 Å². The topological polar surface area (TPSA) is 54.5 Å². The summed E-state index contributed by atoms with van der Waals surface area (Å²) in [4.78, 5) is 18.6. The van der Waals surface area contributed by atoms with Crippen LogP contribution in [0.4, 0.5) is 9.93 Å². The lowest BCUT2D eigenvalue weighted by molar-refractivity contribution is 0.119. The molecular formula is C9H13N3O2S. The van der Waals surface area contributed by atoms with Crippen LogP contribution in [-0.2, 0) is 17.7 Å². The second-order valence-electron chi connectivity index (χ2n) is 3.28. The highest BCUT2D eigenvalue weighted by Gasteiger charge is 2.24. The molecule has 82 valence electrons. The molecule has 1 aliphatic rings. The molecular weight excluding hydrogens is 214 g/mol. The number of anilines is 1. The second-order valence-corrected chi connectivity index (χ2v) is 4.36. The van der Waals surface area contributed by atoms with E-state index in [0.29, 0.717) is 13.1 Å². The van der Waals surface area contributed by atoms with E-state index in [-0.39, 0.29) is 6.09 Å². The quantitative estimate of drug-likeness (QED) is 0.786. The molecule has 1 aromatic heterocycles. The zero-order valence-electron chi connectivity index (χ0n) is 8.74. The van der Waals surface area contributed by atoms with Gasteiger partial charge in [0.1, 0.15) is 0 Å². The van der Waals surface area contributed by atoms with E-state index in [1.54, 1.807) is 16.2 Å². The summed E-state index contributed by atoms with van der Waals surface area (Å²) in [6, 6.07) is 0. The van der Waals surface area contributed by atoms with Crippen LogP contribution in [0.15, 0.2) is 0 Å². The molecule has 6 heteroatoms. The number of carbonyl (C=O) groups excluding carboxylic acids is 1. The molecule has 0 bridgehead atoms. The normalized spacial score (nSPS) is 14.7. The van der Waals surface area contributed by atoms with Crippen LogP contribution in [0.25, 0.3) is 0 Å². The minimum absolute atomic E-state index is 0.264. The molecule has 2 heterocycles. The average molecular weight is 227 g/mol. The maximum absolute atomic E-state index is 11.3. The standard InChI is InChI=1S/C9H13N3O2S/c1-10-8-11-6-3-4-12(9(13)14-2)5-7(6)15-8/h3-5H2,1-2H3,(H,10,11). The van der Waals surface area contributed by atoms with Crippen LogP contribution < -0.4 is 5.32 Å². The van der Waals surface area contributed by atoms with Crippen molar-refractivity contribution in [2.45, 2.75) is 13.0 Å². The van der Waals surface area contributed by atoms with Gasteiger partial charge in [0.15, 0.2) is 5.13 Å². The van der Waals surface area contributed by atoms with Crippen LogP contribution in [0.1, 0.15) is 10.6 Å². The fraction of sp³-hybridized carbons (Fsp3) is 0.556. The third-order valence-corrected chi connectivity index (χ3v) is 3.48. The number of methoxy groups -OCH3 is 1. The summed E-state index contributed by atoms with van der Waals surface area (Å²) < 4.78 is 4.69. The lowest BCUT2D eigenvalue weighted by Crippen LogP contribution is -2.35. The molecule has 0 fully saturated rings. The maximum atomic E-state index is 11.3. The van der Waals surface area contributed by atoms with Crippen molar-refractivity contribution in [3.63, 3.8) is 0 Å². The molecule has 0 saturated carbocycles. The molecule has 0 radical (unpaired) electrons. The first-order valence-electron chi connectivity index (χ1n) is 4.74. The monoisotopic (exact) mass is 227 g/mol. The SMILES string of the molecule is CNc1nc2c(s1)CN(C(=O)OC)CC2. The van der Waals surface area contributed by atoms with Gasteiger partial charge in [-0.3, -0.25) is 0 Å². The van der Waals surface area contributed by atoms with Crippen molar-refractivity contribution in [2.75, 3.05) is 26.0 Å². The van der Waals surface area contributed by atoms with Crippen LogP contribution in [0.3, 0.4) is 0 Å². The van der Waals surface area contributed by atoms with E-state index in [2.05, 4.69) is 10.3 Å². The Morgan fingerprint density at radius 3 is 3.13 bits per heavy atom. The van der Waals surface area contributed by atoms with Gasteiger partial charge in [0.05, 0.1) is 19.3 Å². The lowest BCUT2D eigenvalue weighted by Gasteiger charge is -2.24. The average Bonchev–Trinajstić information content (AvgIpc) is 2.69. The maximum Gasteiger partial charge on any atom is 0.409 e. The fourth-order valence-electron chi connectivity index (χ4n) is 1.59. The van der Waals surface area contributed by atoms with Gasteiger partial charge in [-0.05, 0) is 0 Å². The Hall–Kier alpha value is -1.30. The van der Waals surface area contributed by atoms with Gasteiger partial charge in [-0.15, -0.1) is 0 Å². The van der Waals surface area contributed by atoms with Crippen LogP contribution >= 0.6 is 11.3 Å². The van der Waals surface area contributed by atoms with Gasteiger partial charge in [0.2, 0.25) is 0 Å². The van der Waals surface area contributed by atoms with Crippen LogP contribution in [0, 0.1) is 0 Å². The first kappa shape index (κ1) is 10.2. The largest absolute Gasteiger partial charge is 0.453 e. The Balaban J connectivity index is 2.15. The smallest absolute Gasteiger partial charge is 0.409 e. The van der Waals surface area contributed by atoms with Crippen molar-refractivity contribution in [3.05, 3.63) is 10.6 Å². The Morgan fingerprint density at radius 1 is 1.67 bits per heavy atom. The molecule has 1 aromatic rings. The minimum atomic E-state index is -0.264. The molecule has 0 aromatic carbocycles. The molecule has 2 rings (SSSR count). The summed E-state index contributed by atoms with van der Waals surface area (Å²) in [5.41, 5.74) is 1.10. The van der Waals surface area contributed by atoms with Crippen molar-refractivity contribution >= 4 is 22.6 Å². The molecule has 0 spiro atoms. The van der Waals surface area contributed by atoms with Gasteiger partial charge >= 0.3 is 6.09 Å². The van der Waals surface area contributed by atoms with Gasteiger partial charge < -0.3 is 15.0 Å². The number of thiazole rings is 1. The molecule has 1 amide bonds. The summed E-state index contributed by atoms with van der Waals surface area (Å²) in [6.45, 7) is 1.30. The molecule has 15 heavy (non-hydrogen) atoms. The third-order valence-electron chi connectivity index (χ3n) is 2.38. The zero-order chi connectivity index (χ0) is 10.8. The number of nitrogens with one attached hydrogen (secondary N) is 1. The molecule has 0 saturated heterocycles. The van der Waals surface area contributed by atoms with Gasteiger partial charge in [0.25, 0.3) is 0 Å². The van der Waals surface area contributed by atoms with Gasteiger partial charge in [-0.1, -0.05) is 11.3 Å². The number of carbonyl (C=O) groups is 1. The molecule has 5 nitrogen and oxygen atoms in total. The summed E-state index contributed by atoms with van der Waals surface area (Å²) in [7, 11) is 3.26. The van der Waals surface area contributed by atoms with E-state index in [4.69, 9.17) is 4.74 Å². The Bertz CT molecular complexity index is 377. The Morgan fingerprint density at radius 2 is 2.47 bits per heavy atom. The van der Waals surface area contributed by atoms with Crippen LogP contribution in [-0.4, -0.2) is 36.7 Å². The number of hydrogen-bond donors (Lipinski definition) is 1. The Kier molecular flexibility index (Phi) is 2.77. The lowest BCUT2D eigenvalue weighted by atomic mass is 10.2. The highest BCUT2D eigenvalue weighted by Crippen LogP contribution is 2.27.